The van der Waals surface area contributed by atoms with Crippen LogP contribution in [-0.2, 0) is 4.57 Å². The highest BCUT2D eigenvalue weighted by atomic mass is 79.9. The zero-order chi connectivity index (χ0) is 29.9. The number of nitrogens with one attached hydrogen (secondary N) is 3. The molecule has 0 spiro atoms. The molecule has 0 aliphatic carbocycles. The van der Waals surface area contributed by atoms with Gasteiger partial charge in [0.2, 0.25) is 5.95 Å². The summed E-state index contributed by atoms with van der Waals surface area (Å²) in [4.78, 5) is 22.4. The monoisotopic (exact) mass is 655 g/mol. The molecule has 1 unspecified atom stereocenters. The number of likely N-dealkylation sites (N-methyl/N-ethyl adjacent to an activating group) is 1. The van der Waals surface area contributed by atoms with Crippen molar-refractivity contribution in [2.24, 2.45) is 0 Å². The normalized spacial score (nSPS) is 15.4. The van der Waals surface area contributed by atoms with Crippen LogP contribution in [0.25, 0.3) is 11.0 Å². The second kappa shape index (κ2) is 12.9. The molecule has 1 saturated heterocycles. The van der Waals surface area contributed by atoms with E-state index in [4.69, 9.17) is 4.74 Å². The SMILES string of the molecule is COc1ccc(NC(O)CN2CCN(C)CC2)cc1Nc1ncc(Br)c(Nc2ccc3nccnc3c2P(C)(C)=O)n1. The zero-order valence-electron chi connectivity index (χ0n) is 24.0. The van der Waals surface area contributed by atoms with Crippen molar-refractivity contribution in [1.29, 1.82) is 0 Å². The number of aliphatic hydroxyl groups excluding tert-OH is 1. The number of nitrogens with zero attached hydrogens (tertiary/aromatic N) is 6. The summed E-state index contributed by atoms with van der Waals surface area (Å²) in [6, 6.07) is 9.17. The van der Waals surface area contributed by atoms with Crippen LogP contribution in [0.5, 0.6) is 5.75 Å². The van der Waals surface area contributed by atoms with Gasteiger partial charge in [0, 0.05) is 57.0 Å². The summed E-state index contributed by atoms with van der Waals surface area (Å²) in [5.74, 6) is 1.37. The lowest BCUT2D eigenvalue weighted by Crippen LogP contribution is -2.48. The second-order valence-electron chi connectivity index (χ2n) is 10.6. The molecular formula is C28H35BrN9O3P. The number of hydrogen-bond acceptors (Lipinski definition) is 12. The van der Waals surface area contributed by atoms with E-state index in [2.05, 4.69) is 68.7 Å². The van der Waals surface area contributed by atoms with Gasteiger partial charge in [0.15, 0.2) is 0 Å². The van der Waals surface area contributed by atoms with Gasteiger partial charge >= 0.3 is 0 Å². The molecule has 0 radical (unpaired) electrons. The second-order valence-corrected chi connectivity index (χ2v) is 14.6. The van der Waals surface area contributed by atoms with Crippen molar-refractivity contribution in [1.82, 2.24) is 29.7 Å². The van der Waals surface area contributed by atoms with Gasteiger partial charge in [0.25, 0.3) is 0 Å². The van der Waals surface area contributed by atoms with Crippen LogP contribution in [0.4, 0.5) is 28.8 Å². The summed E-state index contributed by atoms with van der Waals surface area (Å²) in [6.07, 6.45) is 4.10. The Kier molecular flexibility index (Phi) is 9.24. The Balaban J connectivity index is 1.36. The molecule has 222 valence electrons. The number of rotatable bonds is 10. The standard InChI is InChI=1S/C28H35BrN9O3P/c1-37-11-13-38(14-12-37)17-24(39)33-18-5-8-23(41-2)22(15-18)35-28-32-16-19(29)27(36-28)34-21-7-6-20-25(31-10-9-30-20)26(21)42(3,4)40/h5-10,15-16,24,33,39H,11-14,17H2,1-4H3,(H2,32,34,35,36). The molecule has 5 rings (SSSR count). The van der Waals surface area contributed by atoms with Crippen molar-refractivity contribution in [3.05, 3.63) is 53.4 Å². The number of aromatic nitrogens is 4. The summed E-state index contributed by atoms with van der Waals surface area (Å²) in [5.41, 5.74) is 3.22. The average Bonchev–Trinajstić information content (AvgIpc) is 2.95. The molecule has 1 fully saturated rings. The number of aliphatic hydroxyl groups is 1. The van der Waals surface area contributed by atoms with Crippen LogP contribution < -0.4 is 26.0 Å². The van der Waals surface area contributed by atoms with E-state index in [-0.39, 0.29) is 0 Å². The van der Waals surface area contributed by atoms with Crippen molar-refractivity contribution < 1.29 is 14.4 Å². The zero-order valence-corrected chi connectivity index (χ0v) is 26.5. The van der Waals surface area contributed by atoms with Gasteiger partial charge in [-0.1, -0.05) is 0 Å². The highest BCUT2D eigenvalue weighted by Crippen LogP contribution is 2.41. The maximum absolute atomic E-state index is 13.3. The Morgan fingerprint density at radius 1 is 1.05 bits per heavy atom. The molecule has 14 heteroatoms. The molecule has 0 saturated carbocycles. The van der Waals surface area contributed by atoms with E-state index in [1.165, 1.54) is 0 Å². The van der Waals surface area contributed by atoms with Gasteiger partial charge < -0.3 is 35.3 Å². The first-order chi connectivity index (χ1) is 20.1. The van der Waals surface area contributed by atoms with Crippen molar-refractivity contribution in [2.45, 2.75) is 6.23 Å². The number of piperazine rings is 1. The molecule has 2 aromatic carbocycles. The number of fused-ring (bicyclic) bond motifs is 1. The van der Waals surface area contributed by atoms with E-state index in [1.54, 1.807) is 39.0 Å². The molecule has 3 heterocycles. The van der Waals surface area contributed by atoms with Gasteiger partial charge in [-0.25, -0.2) is 4.98 Å². The summed E-state index contributed by atoms with van der Waals surface area (Å²) >= 11 is 3.53. The van der Waals surface area contributed by atoms with Gasteiger partial charge in [0.05, 0.1) is 33.8 Å². The highest BCUT2D eigenvalue weighted by molar-refractivity contribution is 9.10. The minimum atomic E-state index is -2.75. The lowest BCUT2D eigenvalue weighted by atomic mass is 10.2. The summed E-state index contributed by atoms with van der Waals surface area (Å²) < 4.78 is 19.5. The van der Waals surface area contributed by atoms with Crippen LogP contribution in [0.15, 0.2) is 53.4 Å². The number of methoxy groups -OCH3 is 1. The topological polar surface area (TPSA) is 141 Å². The third-order valence-corrected chi connectivity index (χ3v) is 9.07. The fourth-order valence-electron chi connectivity index (χ4n) is 4.84. The van der Waals surface area contributed by atoms with Gasteiger partial charge in [-0.05, 0) is 66.6 Å². The first kappa shape index (κ1) is 30.1. The lowest BCUT2D eigenvalue weighted by molar-refractivity contribution is 0.0940. The Morgan fingerprint density at radius 3 is 2.55 bits per heavy atom. The van der Waals surface area contributed by atoms with E-state index < -0.39 is 13.4 Å². The Labute approximate surface area is 253 Å². The molecular weight excluding hydrogens is 621 g/mol. The van der Waals surface area contributed by atoms with Crippen molar-refractivity contribution in [3.63, 3.8) is 0 Å². The lowest BCUT2D eigenvalue weighted by Gasteiger charge is -2.33. The molecule has 1 atom stereocenters. The maximum atomic E-state index is 13.3. The number of halogens is 1. The molecule has 0 amide bonds. The largest absolute Gasteiger partial charge is 0.495 e. The number of ether oxygens (including phenoxy) is 1. The minimum Gasteiger partial charge on any atom is -0.495 e. The fourth-order valence-corrected chi connectivity index (χ4v) is 6.52. The van der Waals surface area contributed by atoms with Crippen LogP contribution in [0.1, 0.15) is 0 Å². The molecule has 1 aliphatic rings. The fraction of sp³-hybridized carbons (Fsp3) is 0.357. The minimum absolute atomic E-state index is 0.312. The van der Waals surface area contributed by atoms with Gasteiger partial charge in [-0.2, -0.15) is 4.98 Å². The van der Waals surface area contributed by atoms with Gasteiger partial charge in [-0.3, -0.25) is 14.9 Å². The van der Waals surface area contributed by atoms with Crippen LogP contribution in [0, 0.1) is 0 Å². The Hall–Kier alpha value is -3.35. The summed E-state index contributed by atoms with van der Waals surface area (Å²) in [7, 11) is 0.943. The van der Waals surface area contributed by atoms with E-state index in [0.29, 0.717) is 56.2 Å². The molecule has 1 aliphatic heterocycles. The predicted octanol–water partition coefficient (Wildman–Crippen LogP) is 3.90. The van der Waals surface area contributed by atoms with Crippen molar-refractivity contribution in [3.8, 4) is 5.75 Å². The average molecular weight is 657 g/mol. The third-order valence-electron chi connectivity index (χ3n) is 6.96. The molecule has 4 N–H and O–H groups in total. The Bertz CT molecular complexity index is 1610. The van der Waals surface area contributed by atoms with Crippen molar-refractivity contribution in [2.75, 3.05) is 76.2 Å². The van der Waals surface area contributed by atoms with E-state index in [0.717, 1.165) is 31.9 Å². The summed E-state index contributed by atoms with van der Waals surface area (Å²) in [6.45, 7) is 7.75. The number of β-amino-alcohol motifs (C(OH)–C–C–N with tert-alkyl or cyclic N) is 1. The number of anilines is 5. The number of benzene rings is 2. The molecule has 12 nitrogen and oxygen atoms in total. The van der Waals surface area contributed by atoms with Crippen LogP contribution in [0.2, 0.25) is 0 Å². The number of hydrogen-bond donors (Lipinski definition) is 4. The first-order valence-electron chi connectivity index (χ1n) is 13.5. The first-order valence-corrected chi connectivity index (χ1v) is 16.9. The van der Waals surface area contributed by atoms with E-state index in [1.807, 2.05) is 30.3 Å². The summed E-state index contributed by atoms with van der Waals surface area (Å²) in [5, 5.41) is 21.0. The van der Waals surface area contributed by atoms with E-state index >= 15 is 0 Å². The van der Waals surface area contributed by atoms with Gasteiger partial charge in [-0.15, -0.1) is 0 Å². The molecule has 4 aromatic rings. The molecule has 0 bridgehead atoms. The van der Waals surface area contributed by atoms with Crippen LogP contribution in [0.3, 0.4) is 0 Å². The van der Waals surface area contributed by atoms with Gasteiger partial charge in [0.1, 0.15) is 30.5 Å². The molecule has 2 aromatic heterocycles. The quantitative estimate of drug-likeness (QED) is 0.145. The Morgan fingerprint density at radius 2 is 1.81 bits per heavy atom. The maximum Gasteiger partial charge on any atom is 0.229 e. The molecule has 42 heavy (non-hydrogen) atoms. The van der Waals surface area contributed by atoms with E-state index in [9.17, 15) is 9.67 Å². The van der Waals surface area contributed by atoms with Crippen LogP contribution in [-0.4, -0.2) is 101 Å². The smallest absolute Gasteiger partial charge is 0.229 e. The highest BCUT2D eigenvalue weighted by Gasteiger charge is 2.23. The predicted molar refractivity (Wildman–Crippen MR) is 171 cm³/mol. The van der Waals surface area contributed by atoms with Crippen LogP contribution >= 0.6 is 23.1 Å². The van der Waals surface area contributed by atoms with Crippen molar-refractivity contribution >= 4 is 68.2 Å². The third kappa shape index (κ3) is 7.16.